The fraction of sp³-hybridized carbons (Fsp3) is 0. The van der Waals surface area contributed by atoms with Crippen LogP contribution < -0.4 is 12.3 Å². The summed E-state index contributed by atoms with van der Waals surface area (Å²) in [6, 6.07) is 0. The van der Waals surface area contributed by atoms with Gasteiger partial charge >= 0.3 is 17.1 Å². The second-order valence-corrected chi connectivity index (χ2v) is 0. The van der Waals surface area contributed by atoms with E-state index < -0.39 is 0 Å². The fourth-order valence-corrected chi connectivity index (χ4v) is 0. The second kappa shape index (κ2) is 381. The molecule has 37 valence electrons. The van der Waals surface area contributed by atoms with E-state index in [1.54, 1.807) is 0 Å². The van der Waals surface area contributed by atoms with Gasteiger partial charge in [0, 0.05) is 0 Å². The average Bonchev–Trinajstić information content (AvgIpc) is 0. The van der Waals surface area contributed by atoms with Gasteiger partial charge in [-0.15, -0.1) is 0 Å². The first-order chi connectivity index (χ1) is 0. The summed E-state index contributed by atoms with van der Waals surface area (Å²) in [6.07, 6.45) is 0. The molecule has 0 aromatic carbocycles. The Labute approximate surface area is 41.2 Å². The Bertz CT molecular complexity index is 7.61. The monoisotopic (exact) mass is 123 g/mol. The van der Waals surface area contributed by atoms with E-state index in [1.165, 1.54) is 0 Å². The summed E-state index contributed by atoms with van der Waals surface area (Å²) >= 11 is 0. The minimum Gasteiger partial charge on any atom is -2.00 e. The van der Waals surface area contributed by atoms with Crippen LogP contribution in [0.5, 0.6) is 0 Å². The van der Waals surface area contributed by atoms with Crippen molar-refractivity contribution in [2.24, 2.45) is 0 Å². The van der Waals surface area contributed by atoms with Gasteiger partial charge in [0.2, 0.25) is 0 Å². The van der Waals surface area contributed by atoms with Gasteiger partial charge in [-0.1, -0.05) is 0 Å². The fourth-order valence-electron chi connectivity index (χ4n) is 0. The van der Waals surface area contributed by atoms with Gasteiger partial charge < -0.3 is 23.3 Å². The van der Waals surface area contributed by atoms with Crippen LogP contribution in [0.2, 0.25) is 0 Å². The van der Waals surface area contributed by atoms with Crippen molar-refractivity contribution in [2.45, 2.75) is 0 Å². The Morgan fingerprint density at radius 1 is 0.600 bits per heavy atom. The first-order valence-electron chi connectivity index (χ1n) is 0. The van der Waals surface area contributed by atoms with Gasteiger partial charge in [-0.2, -0.15) is 0 Å². The Balaban J connectivity index is 0. The maximum absolute atomic E-state index is 0. The van der Waals surface area contributed by atoms with Crippen molar-refractivity contribution in [3.05, 3.63) is 0 Å². The Kier molecular flexibility index (Phi) is 60000. The van der Waals surface area contributed by atoms with E-state index in [0.717, 1.165) is 0 Å². The molecule has 0 bridgehead atoms. The summed E-state index contributed by atoms with van der Waals surface area (Å²) in [4.78, 5) is 0. The molecule has 0 aromatic rings. The molecule has 0 aliphatic heterocycles. The first-order valence-corrected chi connectivity index (χ1v) is 0. The minimum atomic E-state index is 0. The number of rotatable bonds is 0. The largest absolute Gasteiger partial charge is 2.00 e. The van der Waals surface area contributed by atoms with Crippen molar-refractivity contribution in [3.8, 4) is 0 Å². The van der Waals surface area contributed by atoms with Crippen LogP contribution in [0.4, 0.5) is 0 Å². The quantitative estimate of drug-likeness (QED) is 0.434. The average molecular weight is 123 g/mol. The zero-order valence-electron chi connectivity index (χ0n) is 3.19. The summed E-state index contributed by atoms with van der Waals surface area (Å²) in [5, 5.41) is 0. The van der Waals surface area contributed by atoms with Crippen LogP contribution in [0.1, 0.15) is 0 Å². The van der Waals surface area contributed by atoms with Gasteiger partial charge in [-0.05, 0) is 0 Å². The van der Waals surface area contributed by atoms with E-state index in [2.05, 4.69) is 0 Å². The molecule has 0 atom stereocenters. The molecule has 0 rings (SSSR count). The maximum atomic E-state index is 0. The molecule has 0 aromatic heterocycles. The van der Waals surface area contributed by atoms with Crippen LogP contribution >= 0.6 is 0 Å². The van der Waals surface area contributed by atoms with E-state index in [0.29, 0.717) is 0 Å². The van der Waals surface area contributed by atoms with Crippen molar-refractivity contribution in [1.82, 2.24) is 12.3 Å². The zero-order valence-corrected chi connectivity index (χ0v) is 4.37. The van der Waals surface area contributed by atoms with Crippen molar-refractivity contribution in [1.29, 1.82) is 0 Å². The van der Waals surface area contributed by atoms with E-state index in [9.17, 15) is 0 Å². The van der Waals surface area contributed by atoms with Crippen LogP contribution in [0, 0.1) is 0 Å². The van der Waals surface area contributed by atoms with Gasteiger partial charge in [0.1, 0.15) is 0 Å². The molecule has 0 fully saturated rings. The Morgan fingerprint density at radius 3 is 0.600 bits per heavy atom. The van der Waals surface area contributed by atoms with E-state index in [4.69, 9.17) is 0 Å². The van der Waals surface area contributed by atoms with Gasteiger partial charge in [-0.3, -0.25) is 0 Å². The molecule has 5 heavy (non-hydrogen) atoms. The van der Waals surface area contributed by atoms with Crippen LogP contribution in [0.15, 0.2) is 0 Å². The van der Waals surface area contributed by atoms with Crippen molar-refractivity contribution < 1.29 is 28.0 Å². The molecule has 0 aliphatic carbocycles. The van der Waals surface area contributed by atoms with Crippen LogP contribution in [-0.4, -0.2) is 0 Å². The topological polar surface area (TPSA) is 130 Å². The second-order valence-electron chi connectivity index (χ2n) is 0. The third kappa shape index (κ3) is 188. The third-order valence-electron chi connectivity index (χ3n) is 0. The molecule has 5 heteroatoms. The molecule has 0 unspecified atom stereocenters. The molecule has 8 N–H and O–H groups in total. The molecule has 0 saturated carbocycles. The van der Waals surface area contributed by atoms with Gasteiger partial charge in [0.25, 0.3) is 0 Å². The molecule has 0 heterocycles. The van der Waals surface area contributed by atoms with Crippen LogP contribution in [0.3, 0.4) is 0 Å². The summed E-state index contributed by atoms with van der Waals surface area (Å²) in [7, 11) is 0. The zero-order chi connectivity index (χ0) is 0. The Hall–Kier alpha value is 0.359. The molecule has 0 amide bonds. The summed E-state index contributed by atoms with van der Waals surface area (Å²) in [5.41, 5.74) is 0. The van der Waals surface area contributed by atoms with E-state index >= 15 is 0 Å². The standard InChI is InChI=1S/Mn.2H3N.2O/h;2*1H3;;/q+2;;;2*-2/p+2. The van der Waals surface area contributed by atoms with Gasteiger partial charge in [-0.25, -0.2) is 0 Å². The molecular formula is H8MnN2O2. The predicted octanol–water partition coefficient (Wildman–Crippen LogP) is 0.512. The van der Waals surface area contributed by atoms with Crippen LogP contribution in [0.25, 0.3) is 0 Å². The minimum absolute atomic E-state index is 0. The van der Waals surface area contributed by atoms with E-state index in [1.807, 2.05) is 0 Å². The first kappa shape index (κ1) is 788. The smallest absolute Gasteiger partial charge is 2.00 e. The SMILES string of the molecule is [Mn+2].[NH4+].[NH4+].[O-2].[O-2]. The number of hydrogen-bond donors (Lipinski definition) is 2. The van der Waals surface area contributed by atoms with Crippen molar-refractivity contribution in [3.63, 3.8) is 0 Å². The molecule has 0 saturated heterocycles. The number of quaternary nitrogens is 2. The maximum Gasteiger partial charge on any atom is 2.00 e. The van der Waals surface area contributed by atoms with Gasteiger partial charge in [0.05, 0.1) is 0 Å². The normalized spacial score (nSPS) is 0. The molecule has 4 nitrogen and oxygen atoms in total. The third-order valence-corrected chi connectivity index (χ3v) is 0. The van der Waals surface area contributed by atoms with Gasteiger partial charge in [0.15, 0.2) is 0 Å². The van der Waals surface area contributed by atoms with Crippen LogP contribution in [-0.2, 0) is 28.0 Å². The predicted molar refractivity (Wildman–Crippen MR) is 13.3 cm³/mol. The molecule has 0 aliphatic rings. The van der Waals surface area contributed by atoms with Crippen molar-refractivity contribution in [2.75, 3.05) is 0 Å². The van der Waals surface area contributed by atoms with E-state index in [-0.39, 0.29) is 40.3 Å². The van der Waals surface area contributed by atoms with Crippen molar-refractivity contribution >= 4 is 0 Å². The summed E-state index contributed by atoms with van der Waals surface area (Å²) < 4.78 is 0. The summed E-state index contributed by atoms with van der Waals surface area (Å²) in [5.74, 6) is 0. The summed E-state index contributed by atoms with van der Waals surface area (Å²) in [6.45, 7) is 0. The Morgan fingerprint density at radius 2 is 0.600 bits per heavy atom. The molecule has 0 spiro atoms. The molecular weight excluding hydrogens is 115 g/mol. The molecule has 1 radical (unpaired) electrons. The number of hydrogen-bond acceptors (Lipinski definition) is 0.